The van der Waals surface area contributed by atoms with E-state index >= 15 is 0 Å². The molecule has 1 aromatic heterocycles. The van der Waals surface area contributed by atoms with Crippen LogP contribution in [0.1, 0.15) is 17.7 Å². The highest BCUT2D eigenvalue weighted by Gasteiger charge is 2.28. The number of carbonyl (C=O) groups is 1. The van der Waals surface area contributed by atoms with Crippen molar-refractivity contribution in [2.75, 3.05) is 20.1 Å². The maximum atomic E-state index is 11.7. The number of aliphatic hydroxyl groups is 1. The van der Waals surface area contributed by atoms with E-state index in [0.717, 1.165) is 19.4 Å². The fourth-order valence-corrected chi connectivity index (χ4v) is 2.90. The van der Waals surface area contributed by atoms with E-state index in [1.165, 1.54) is 4.88 Å². The van der Waals surface area contributed by atoms with E-state index in [1.54, 1.807) is 11.3 Å². The third-order valence-corrected chi connectivity index (χ3v) is 4.11. The van der Waals surface area contributed by atoms with Crippen molar-refractivity contribution in [1.29, 1.82) is 0 Å². The molecule has 0 saturated heterocycles. The van der Waals surface area contributed by atoms with Crippen LogP contribution in [0, 0.1) is 5.92 Å². The van der Waals surface area contributed by atoms with Gasteiger partial charge in [0.15, 0.2) is 0 Å². The zero-order valence-corrected chi connectivity index (χ0v) is 11.4. The Morgan fingerprint density at radius 2 is 2.39 bits per heavy atom. The van der Waals surface area contributed by atoms with Crippen LogP contribution >= 0.6 is 11.3 Å². The van der Waals surface area contributed by atoms with Crippen molar-refractivity contribution in [2.45, 2.75) is 25.5 Å². The van der Waals surface area contributed by atoms with E-state index in [4.69, 9.17) is 0 Å². The molecule has 1 aromatic rings. The molecule has 1 aliphatic rings. The van der Waals surface area contributed by atoms with Crippen molar-refractivity contribution in [3.63, 3.8) is 0 Å². The van der Waals surface area contributed by atoms with Gasteiger partial charge in [0, 0.05) is 11.4 Å². The Bertz CT molecular complexity index is 374. The summed E-state index contributed by atoms with van der Waals surface area (Å²) >= 11 is 1.65. The molecule has 1 heterocycles. The van der Waals surface area contributed by atoms with Crippen LogP contribution in [0.2, 0.25) is 0 Å². The van der Waals surface area contributed by atoms with Gasteiger partial charge in [-0.2, -0.15) is 0 Å². The molecule has 0 atom stereocenters. The number of carbonyl (C=O) groups excluding carboxylic acids is 1. The number of hydrogen-bond donors (Lipinski definition) is 2. The molecular formula is C13H20N2O2S. The summed E-state index contributed by atoms with van der Waals surface area (Å²) in [6, 6.07) is 4.00. The van der Waals surface area contributed by atoms with E-state index in [-0.39, 0.29) is 12.0 Å². The van der Waals surface area contributed by atoms with Gasteiger partial charge in [-0.05, 0) is 37.3 Å². The van der Waals surface area contributed by atoms with Crippen LogP contribution in [-0.2, 0) is 11.3 Å². The smallest absolute Gasteiger partial charge is 0.234 e. The molecule has 0 aliphatic heterocycles. The van der Waals surface area contributed by atoms with Crippen molar-refractivity contribution in [3.8, 4) is 0 Å². The number of thiophene rings is 1. The Hall–Kier alpha value is -0.910. The van der Waals surface area contributed by atoms with Crippen molar-refractivity contribution in [1.82, 2.24) is 10.2 Å². The zero-order chi connectivity index (χ0) is 13.0. The van der Waals surface area contributed by atoms with Crippen LogP contribution in [0.15, 0.2) is 17.5 Å². The Balaban J connectivity index is 1.61. The van der Waals surface area contributed by atoms with Gasteiger partial charge in [-0.15, -0.1) is 11.3 Å². The number of nitrogens with zero attached hydrogens (tertiary/aromatic N) is 1. The van der Waals surface area contributed by atoms with Crippen molar-refractivity contribution in [3.05, 3.63) is 22.4 Å². The second-order valence-electron chi connectivity index (χ2n) is 5.04. The van der Waals surface area contributed by atoms with E-state index < -0.39 is 0 Å². The van der Waals surface area contributed by atoms with E-state index in [9.17, 15) is 9.90 Å². The number of aliphatic hydroxyl groups excluding tert-OH is 1. The predicted molar refractivity (Wildman–Crippen MR) is 72.4 cm³/mol. The fraction of sp³-hybridized carbons (Fsp3) is 0.615. The minimum atomic E-state index is -0.115. The number of rotatable bonds is 6. The Morgan fingerprint density at radius 3 is 3.00 bits per heavy atom. The Labute approximate surface area is 112 Å². The number of nitrogens with one attached hydrogen (secondary N) is 1. The molecule has 0 aromatic carbocycles. The molecule has 0 radical (unpaired) electrons. The molecule has 1 amide bonds. The van der Waals surface area contributed by atoms with Gasteiger partial charge in [0.25, 0.3) is 0 Å². The Kier molecular flexibility index (Phi) is 4.74. The average Bonchev–Trinajstić information content (AvgIpc) is 2.77. The lowest BCUT2D eigenvalue weighted by atomic mass is 9.82. The lowest BCUT2D eigenvalue weighted by Crippen LogP contribution is -2.41. The highest BCUT2D eigenvalue weighted by atomic mass is 32.1. The van der Waals surface area contributed by atoms with Crippen LogP contribution < -0.4 is 5.32 Å². The zero-order valence-electron chi connectivity index (χ0n) is 10.6. The van der Waals surface area contributed by atoms with Gasteiger partial charge in [-0.25, -0.2) is 0 Å². The fourth-order valence-electron chi connectivity index (χ4n) is 2.25. The van der Waals surface area contributed by atoms with Crippen LogP contribution in [0.25, 0.3) is 0 Å². The summed E-state index contributed by atoms with van der Waals surface area (Å²) in [7, 11) is 1.95. The monoisotopic (exact) mass is 268 g/mol. The average molecular weight is 268 g/mol. The number of amides is 1. The summed E-state index contributed by atoms with van der Waals surface area (Å²) in [5.74, 6) is 0.612. The molecular weight excluding hydrogens is 248 g/mol. The van der Waals surface area contributed by atoms with Crippen LogP contribution in [0.3, 0.4) is 0 Å². The van der Waals surface area contributed by atoms with E-state index in [0.29, 0.717) is 19.0 Å². The molecule has 0 bridgehead atoms. The van der Waals surface area contributed by atoms with Crippen molar-refractivity contribution in [2.24, 2.45) is 5.92 Å². The minimum Gasteiger partial charge on any atom is -0.393 e. The van der Waals surface area contributed by atoms with E-state index in [1.807, 2.05) is 29.5 Å². The number of hydrogen-bond acceptors (Lipinski definition) is 4. The summed E-state index contributed by atoms with van der Waals surface area (Å²) < 4.78 is 0. The Morgan fingerprint density at radius 1 is 1.61 bits per heavy atom. The molecule has 1 aliphatic carbocycles. The lowest BCUT2D eigenvalue weighted by molar-refractivity contribution is -0.122. The molecule has 5 heteroatoms. The molecule has 0 unspecified atom stereocenters. The SMILES string of the molecule is CN(CC(=O)NCc1cccs1)CC1CC(O)C1. The third kappa shape index (κ3) is 4.08. The normalized spacial score (nSPS) is 22.8. The summed E-state index contributed by atoms with van der Waals surface area (Å²) in [5, 5.41) is 14.1. The van der Waals surface area contributed by atoms with Crippen molar-refractivity contribution < 1.29 is 9.90 Å². The summed E-state index contributed by atoms with van der Waals surface area (Å²) in [6.07, 6.45) is 1.64. The van der Waals surface area contributed by atoms with Gasteiger partial charge in [-0.3, -0.25) is 9.69 Å². The first-order valence-corrected chi connectivity index (χ1v) is 7.17. The van der Waals surface area contributed by atoms with Gasteiger partial charge in [0.2, 0.25) is 5.91 Å². The maximum Gasteiger partial charge on any atom is 0.234 e. The van der Waals surface area contributed by atoms with Gasteiger partial charge >= 0.3 is 0 Å². The molecule has 4 nitrogen and oxygen atoms in total. The largest absolute Gasteiger partial charge is 0.393 e. The quantitative estimate of drug-likeness (QED) is 0.811. The molecule has 1 saturated carbocycles. The maximum absolute atomic E-state index is 11.7. The van der Waals surface area contributed by atoms with E-state index in [2.05, 4.69) is 5.32 Å². The highest BCUT2D eigenvalue weighted by Crippen LogP contribution is 2.27. The summed E-state index contributed by atoms with van der Waals surface area (Å²) in [4.78, 5) is 14.9. The van der Waals surface area contributed by atoms with Gasteiger partial charge in [0.1, 0.15) is 0 Å². The lowest BCUT2D eigenvalue weighted by Gasteiger charge is -2.34. The second-order valence-corrected chi connectivity index (χ2v) is 6.08. The molecule has 2 N–H and O–H groups in total. The van der Waals surface area contributed by atoms with Crippen LogP contribution in [0.5, 0.6) is 0 Å². The van der Waals surface area contributed by atoms with Crippen LogP contribution in [0.4, 0.5) is 0 Å². The molecule has 0 spiro atoms. The second kappa shape index (κ2) is 6.31. The standard InChI is InChI=1S/C13H20N2O2S/c1-15(8-10-5-11(16)6-10)9-13(17)14-7-12-3-2-4-18-12/h2-4,10-11,16H,5-9H2,1H3,(H,14,17). The first-order chi connectivity index (χ1) is 8.63. The minimum absolute atomic E-state index is 0.0609. The predicted octanol–water partition coefficient (Wildman–Crippen LogP) is 1.07. The van der Waals surface area contributed by atoms with Gasteiger partial charge in [0.05, 0.1) is 19.2 Å². The van der Waals surface area contributed by atoms with Crippen LogP contribution in [-0.4, -0.2) is 42.2 Å². The molecule has 18 heavy (non-hydrogen) atoms. The first kappa shape index (κ1) is 13.5. The topological polar surface area (TPSA) is 52.6 Å². The molecule has 2 rings (SSSR count). The van der Waals surface area contributed by atoms with Crippen molar-refractivity contribution >= 4 is 17.2 Å². The van der Waals surface area contributed by atoms with Gasteiger partial charge in [-0.1, -0.05) is 6.07 Å². The molecule has 100 valence electrons. The summed E-state index contributed by atoms with van der Waals surface area (Å²) in [6.45, 7) is 1.94. The first-order valence-electron chi connectivity index (χ1n) is 6.29. The van der Waals surface area contributed by atoms with Gasteiger partial charge < -0.3 is 10.4 Å². The third-order valence-electron chi connectivity index (χ3n) is 3.23. The highest BCUT2D eigenvalue weighted by molar-refractivity contribution is 7.09. The summed E-state index contributed by atoms with van der Waals surface area (Å²) in [5.41, 5.74) is 0. The number of likely N-dealkylation sites (N-methyl/N-ethyl adjacent to an activating group) is 1. The molecule has 1 fully saturated rings.